The SMILES string of the molecule is CCOc1cc2nc(CF)cn2cc1CC(=O)c1cccc(C(F)(F)F)n1. The first-order valence-corrected chi connectivity index (χ1v) is 8.08. The molecule has 0 aliphatic carbocycles. The van der Waals surface area contributed by atoms with E-state index in [1.165, 1.54) is 12.3 Å². The highest BCUT2D eigenvalue weighted by molar-refractivity contribution is 5.96. The predicted molar refractivity (Wildman–Crippen MR) is 88.4 cm³/mol. The van der Waals surface area contributed by atoms with Gasteiger partial charge in [-0.05, 0) is 19.1 Å². The molecule has 0 amide bonds. The molecular weight excluding hydrogens is 366 g/mol. The fourth-order valence-electron chi connectivity index (χ4n) is 2.61. The van der Waals surface area contributed by atoms with E-state index in [9.17, 15) is 22.4 Å². The summed E-state index contributed by atoms with van der Waals surface area (Å²) in [7, 11) is 0. The minimum atomic E-state index is -4.63. The highest BCUT2D eigenvalue weighted by atomic mass is 19.4. The third-order valence-electron chi connectivity index (χ3n) is 3.80. The summed E-state index contributed by atoms with van der Waals surface area (Å²) in [5.41, 5.74) is -0.310. The van der Waals surface area contributed by atoms with Crippen LogP contribution in [0.1, 0.15) is 34.4 Å². The summed E-state index contributed by atoms with van der Waals surface area (Å²) >= 11 is 0. The molecule has 0 aromatic carbocycles. The summed E-state index contributed by atoms with van der Waals surface area (Å²) in [5.74, 6) is -0.228. The summed E-state index contributed by atoms with van der Waals surface area (Å²) in [6.07, 6.45) is -1.83. The van der Waals surface area contributed by atoms with Crippen molar-refractivity contribution in [2.45, 2.75) is 26.2 Å². The predicted octanol–water partition coefficient (Wildman–Crippen LogP) is 4.04. The lowest BCUT2D eigenvalue weighted by Crippen LogP contribution is -2.13. The number of imidazole rings is 1. The third kappa shape index (κ3) is 4.07. The Bertz CT molecular complexity index is 982. The van der Waals surface area contributed by atoms with Crippen LogP contribution < -0.4 is 4.74 Å². The highest BCUT2D eigenvalue weighted by Crippen LogP contribution is 2.28. The van der Waals surface area contributed by atoms with Crippen LogP contribution in [0.25, 0.3) is 5.65 Å². The van der Waals surface area contributed by atoms with E-state index in [0.717, 1.165) is 12.1 Å². The number of aromatic nitrogens is 3. The van der Waals surface area contributed by atoms with Crippen LogP contribution in [0.2, 0.25) is 0 Å². The average molecular weight is 381 g/mol. The molecule has 3 aromatic rings. The largest absolute Gasteiger partial charge is 0.493 e. The zero-order valence-corrected chi connectivity index (χ0v) is 14.3. The molecule has 27 heavy (non-hydrogen) atoms. The van der Waals surface area contributed by atoms with Crippen LogP contribution in [0.5, 0.6) is 5.75 Å². The Morgan fingerprint density at radius 3 is 2.67 bits per heavy atom. The number of fused-ring (bicyclic) bond motifs is 1. The number of ketones is 1. The monoisotopic (exact) mass is 381 g/mol. The lowest BCUT2D eigenvalue weighted by molar-refractivity contribution is -0.141. The summed E-state index contributed by atoms with van der Waals surface area (Å²) < 4.78 is 58.3. The Hall–Kier alpha value is -2.97. The number of hydrogen-bond acceptors (Lipinski definition) is 4. The smallest absolute Gasteiger partial charge is 0.433 e. The number of Topliss-reactive ketones (excluding diaryl/α,β-unsaturated/α-hetero) is 1. The van der Waals surface area contributed by atoms with Crippen molar-refractivity contribution < 1.29 is 27.1 Å². The minimum Gasteiger partial charge on any atom is -0.493 e. The van der Waals surface area contributed by atoms with E-state index < -0.39 is 24.3 Å². The van der Waals surface area contributed by atoms with Crippen LogP contribution in [-0.4, -0.2) is 26.8 Å². The Morgan fingerprint density at radius 1 is 1.22 bits per heavy atom. The second-order valence-electron chi connectivity index (χ2n) is 5.73. The van der Waals surface area contributed by atoms with Gasteiger partial charge in [0.15, 0.2) is 5.78 Å². The normalized spacial score (nSPS) is 11.7. The van der Waals surface area contributed by atoms with Crippen molar-refractivity contribution in [2.24, 2.45) is 0 Å². The first-order chi connectivity index (χ1) is 12.8. The molecule has 0 fully saturated rings. The number of alkyl halides is 4. The number of carbonyl (C=O) groups excluding carboxylic acids is 1. The highest BCUT2D eigenvalue weighted by Gasteiger charge is 2.33. The van der Waals surface area contributed by atoms with Crippen molar-refractivity contribution in [1.82, 2.24) is 14.4 Å². The molecule has 0 saturated heterocycles. The van der Waals surface area contributed by atoms with Crippen molar-refractivity contribution >= 4 is 11.4 Å². The van der Waals surface area contributed by atoms with Gasteiger partial charge in [0.2, 0.25) is 0 Å². The number of halogens is 4. The van der Waals surface area contributed by atoms with Crippen molar-refractivity contribution in [1.29, 1.82) is 0 Å². The van der Waals surface area contributed by atoms with Crippen LogP contribution in [-0.2, 0) is 19.3 Å². The molecule has 0 bridgehead atoms. The fourth-order valence-corrected chi connectivity index (χ4v) is 2.61. The van der Waals surface area contributed by atoms with Gasteiger partial charge in [-0.1, -0.05) is 6.07 Å². The molecule has 3 rings (SSSR count). The molecule has 0 aliphatic rings. The van der Waals surface area contributed by atoms with Gasteiger partial charge in [-0.25, -0.2) is 14.4 Å². The van der Waals surface area contributed by atoms with Crippen LogP contribution in [0.3, 0.4) is 0 Å². The molecule has 142 valence electrons. The molecule has 5 nitrogen and oxygen atoms in total. The van der Waals surface area contributed by atoms with Crippen molar-refractivity contribution in [2.75, 3.05) is 6.61 Å². The fraction of sp³-hybridized carbons (Fsp3) is 0.278. The topological polar surface area (TPSA) is 56.5 Å². The summed E-state index contributed by atoms with van der Waals surface area (Å²) in [4.78, 5) is 20.0. The number of rotatable bonds is 6. The van der Waals surface area contributed by atoms with E-state index in [4.69, 9.17) is 4.74 Å². The Labute approximate surface area is 151 Å². The van der Waals surface area contributed by atoms with Gasteiger partial charge in [-0.3, -0.25) is 4.79 Å². The Morgan fingerprint density at radius 2 is 2.00 bits per heavy atom. The van der Waals surface area contributed by atoms with E-state index in [-0.39, 0.29) is 17.8 Å². The second-order valence-corrected chi connectivity index (χ2v) is 5.73. The zero-order valence-electron chi connectivity index (χ0n) is 14.3. The van der Waals surface area contributed by atoms with Crippen LogP contribution in [0, 0.1) is 0 Å². The van der Waals surface area contributed by atoms with Crippen LogP contribution >= 0.6 is 0 Å². The quantitative estimate of drug-likeness (QED) is 0.478. The van der Waals surface area contributed by atoms with Gasteiger partial charge >= 0.3 is 6.18 Å². The van der Waals surface area contributed by atoms with Gasteiger partial charge in [0.25, 0.3) is 0 Å². The number of carbonyl (C=O) groups is 1. The van der Waals surface area contributed by atoms with Gasteiger partial charge in [0.1, 0.15) is 29.5 Å². The molecule has 3 aromatic heterocycles. The van der Waals surface area contributed by atoms with E-state index in [1.807, 2.05) is 0 Å². The van der Waals surface area contributed by atoms with Crippen molar-refractivity contribution in [3.63, 3.8) is 0 Å². The minimum absolute atomic E-state index is 0.220. The van der Waals surface area contributed by atoms with E-state index in [2.05, 4.69) is 9.97 Å². The maximum atomic E-state index is 12.8. The molecule has 0 aliphatic heterocycles. The average Bonchev–Trinajstić information content (AvgIpc) is 3.03. The first kappa shape index (κ1) is 18.8. The molecule has 0 N–H and O–H groups in total. The summed E-state index contributed by atoms with van der Waals surface area (Å²) in [6.45, 7) is 1.33. The van der Waals surface area contributed by atoms with E-state index in [1.54, 1.807) is 23.6 Å². The van der Waals surface area contributed by atoms with E-state index in [0.29, 0.717) is 23.6 Å². The second kappa shape index (κ2) is 7.34. The van der Waals surface area contributed by atoms with Crippen LogP contribution in [0.15, 0.2) is 36.7 Å². The maximum Gasteiger partial charge on any atom is 0.433 e. The van der Waals surface area contributed by atoms with Crippen LogP contribution in [0.4, 0.5) is 17.6 Å². The molecule has 0 spiro atoms. The standard InChI is InChI=1S/C18H15F4N3O2/c1-2-27-15-7-17-23-12(8-19)10-25(17)9-11(15)6-14(26)13-4-3-5-16(24-13)18(20,21)22/h3-5,7,9-10H,2,6,8H2,1H3. The first-order valence-electron chi connectivity index (χ1n) is 8.08. The lowest BCUT2D eigenvalue weighted by Gasteiger charge is -2.11. The Balaban J connectivity index is 1.95. The van der Waals surface area contributed by atoms with Gasteiger partial charge < -0.3 is 9.14 Å². The van der Waals surface area contributed by atoms with Crippen molar-refractivity contribution in [3.05, 3.63) is 59.3 Å². The number of hydrogen-bond donors (Lipinski definition) is 0. The molecule has 3 heterocycles. The molecule has 9 heteroatoms. The lowest BCUT2D eigenvalue weighted by atomic mass is 10.1. The molecule has 0 radical (unpaired) electrons. The Kier molecular flexibility index (Phi) is 5.11. The van der Waals surface area contributed by atoms with Gasteiger partial charge in [0, 0.05) is 30.4 Å². The van der Waals surface area contributed by atoms with Gasteiger partial charge in [0.05, 0.1) is 12.3 Å². The van der Waals surface area contributed by atoms with Crippen molar-refractivity contribution in [3.8, 4) is 5.75 Å². The molecule has 0 unspecified atom stereocenters. The zero-order chi connectivity index (χ0) is 19.6. The molecular formula is C18H15F4N3O2. The number of pyridine rings is 2. The van der Waals surface area contributed by atoms with Gasteiger partial charge in [-0.2, -0.15) is 13.2 Å². The number of ether oxygens (including phenoxy) is 1. The maximum absolute atomic E-state index is 12.8. The summed E-state index contributed by atoms with van der Waals surface area (Å²) in [5, 5.41) is 0. The number of nitrogens with zero attached hydrogens (tertiary/aromatic N) is 3. The third-order valence-corrected chi connectivity index (χ3v) is 3.80. The van der Waals surface area contributed by atoms with Gasteiger partial charge in [-0.15, -0.1) is 0 Å². The molecule has 0 saturated carbocycles. The molecule has 0 atom stereocenters. The van der Waals surface area contributed by atoms with E-state index >= 15 is 0 Å². The summed E-state index contributed by atoms with van der Waals surface area (Å²) in [6, 6.07) is 4.73.